The Balaban J connectivity index is 0.00000182. The number of nitrogens with zero attached hydrogens (tertiary/aromatic N) is 3. The number of piperidine rings is 1. The molecule has 0 spiro atoms. The third kappa shape index (κ3) is 6.21. The number of amides is 1. The van der Waals surface area contributed by atoms with Gasteiger partial charge in [-0.2, -0.15) is 5.10 Å². The van der Waals surface area contributed by atoms with Gasteiger partial charge < -0.3 is 15.5 Å². The summed E-state index contributed by atoms with van der Waals surface area (Å²) in [6, 6.07) is 12.5. The second kappa shape index (κ2) is 11.3. The van der Waals surface area contributed by atoms with E-state index in [0.29, 0.717) is 18.3 Å². The van der Waals surface area contributed by atoms with Gasteiger partial charge in [-0.05, 0) is 45.1 Å². The molecule has 2 N–H and O–H groups in total. The van der Waals surface area contributed by atoms with Gasteiger partial charge in [0.25, 0.3) is 5.91 Å². The molecule has 0 saturated carbocycles. The molecule has 6 nitrogen and oxygen atoms in total. The molecule has 0 aliphatic carbocycles. The number of aromatic nitrogens is 2. The van der Waals surface area contributed by atoms with E-state index in [1.54, 1.807) is 6.07 Å². The van der Waals surface area contributed by atoms with Gasteiger partial charge in [0, 0.05) is 19.3 Å². The standard InChI is InChI=1S/C19H27N5O.2ClH/c1-23(2)18(15-7-4-3-5-8-15)14-21-19(25)17-10-12-24(22-17)16-9-6-11-20-13-16;;/h3-5,7-8,10,12,16,18,20H,6,9,11,13-14H2,1-2H3,(H,21,25);2*1H. The molecule has 1 aliphatic heterocycles. The smallest absolute Gasteiger partial charge is 0.271 e. The molecule has 3 rings (SSSR count). The minimum atomic E-state index is -0.120. The van der Waals surface area contributed by atoms with E-state index in [-0.39, 0.29) is 36.8 Å². The number of carbonyl (C=O) groups is 1. The number of likely N-dealkylation sites (N-methyl/N-ethyl adjacent to an activating group) is 1. The molecular weight excluding hydrogens is 385 g/mol. The van der Waals surface area contributed by atoms with E-state index in [1.807, 2.05) is 43.2 Å². The first-order chi connectivity index (χ1) is 12.1. The molecule has 1 aliphatic rings. The number of rotatable bonds is 6. The highest BCUT2D eigenvalue weighted by molar-refractivity contribution is 5.92. The van der Waals surface area contributed by atoms with Gasteiger partial charge in [0.05, 0.1) is 12.1 Å². The Hall–Kier alpha value is -1.60. The summed E-state index contributed by atoms with van der Waals surface area (Å²) in [5.74, 6) is -0.120. The minimum absolute atomic E-state index is 0. The van der Waals surface area contributed by atoms with Crippen molar-refractivity contribution in [3.63, 3.8) is 0 Å². The van der Waals surface area contributed by atoms with Crippen molar-refractivity contribution in [1.29, 1.82) is 0 Å². The molecule has 27 heavy (non-hydrogen) atoms. The average molecular weight is 414 g/mol. The Labute approximate surface area is 173 Å². The molecule has 0 radical (unpaired) electrons. The van der Waals surface area contributed by atoms with Crippen LogP contribution in [-0.2, 0) is 0 Å². The fraction of sp³-hybridized carbons (Fsp3) is 0.474. The lowest BCUT2D eigenvalue weighted by molar-refractivity contribution is 0.0935. The van der Waals surface area contributed by atoms with Crippen LogP contribution in [0, 0.1) is 0 Å². The van der Waals surface area contributed by atoms with Crippen LogP contribution in [0.5, 0.6) is 0 Å². The normalized spacial score (nSPS) is 17.5. The van der Waals surface area contributed by atoms with Crippen LogP contribution < -0.4 is 10.6 Å². The Bertz CT molecular complexity index is 686. The molecular formula is C19H29Cl2N5O. The predicted octanol–water partition coefficient (Wildman–Crippen LogP) is 2.68. The first kappa shape index (κ1) is 23.4. The third-order valence-corrected chi connectivity index (χ3v) is 4.75. The lowest BCUT2D eigenvalue weighted by Crippen LogP contribution is -2.35. The molecule has 2 aromatic rings. The largest absolute Gasteiger partial charge is 0.349 e. The number of benzene rings is 1. The van der Waals surface area contributed by atoms with Crippen molar-refractivity contribution in [2.24, 2.45) is 0 Å². The molecule has 1 saturated heterocycles. The lowest BCUT2D eigenvalue weighted by atomic mass is 10.1. The number of hydrogen-bond acceptors (Lipinski definition) is 4. The molecule has 150 valence electrons. The number of carbonyl (C=O) groups excluding carboxylic acids is 1. The molecule has 1 amide bonds. The van der Waals surface area contributed by atoms with Crippen LogP contribution in [-0.4, -0.2) is 54.3 Å². The summed E-state index contributed by atoms with van der Waals surface area (Å²) in [7, 11) is 4.04. The third-order valence-electron chi connectivity index (χ3n) is 4.75. The minimum Gasteiger partial charge on any atom is -0.349 e. The lowest BCUT2D eigenvalue weighted by Gasteiger charge is -2.25. The van der Waals surface area contributed by atoms with E-state index in [1.165, 1.54) is 5.56 Å². The van der Waals surface area contributed by atoms with E-state index in [2.05, 4.69) is 32.8 Å². The molecule has 2 unspecified atom stereocenters. The Morgan fingerprint density at radius 3 is 2.67 bits per heavy atom. The van der Waals surface area contributed by atoms with Gasteiger partial charge in [0.1, 0.15) is 5.69 Å². The van der Waals surface area contributed by atoms with Crippen molar-refractivity contribution in [3.05, 3.63) is 53.9 Å². The van der Waals surface area contributed by atoms with E-state index in [4.69, 9.17) is 0 Å². The van der Waals surface area contributed by atoms with Crippen molar-refractivity contribution in [2.45, 2.75) is 24.9 Å². The predicted molar refractivity (Wildman–Crippen MR) is 113 cm³/mol. The zero-order chi connectivity index (χ0) is 17.6. The monoisotopic (exact) mass is 413 g/mol. The maximum atomic E-state index is 12.5. The zero-order valence-corrected chi connectivity index (χ0v) is 17.4. The van der Waals surface area contributed by atoms with E-state index < -0.39 is 0 Å². The molecule has 0 bridgehead atoms. The highest BCUT2D eigenvalue weighted by Crippen LogP contribution is 2.18. The average Bonchev–Trinajstić information content (AvgIpc) is 3.13. The molecule has 2 atom stereocenters. The quantitative estimate of drug-likeness (QED) is 0.763. The fourth-order valence-corrected chi connectivity index (χ4v) is 3.28. The van der Waals surface area contributed by atoms with Crippen LogP contribution >= 0.6 is 24.8 Å². The first-order valence-corrected chi connectivity index (χ1v) is 8.90. The van der Waals surface area contributed by atoms with Crippen molar-refractivity contribution in [3.8, 4) is 0 Å². The van der Waals surface area contributed by atoms with Gasteiger partial charge in [-0.1, -0.05) is 30.3 Å². The number of nitrogens with one attached hydrogen (secondary N) is 2. The van der Waals surface area contributed by atoms with Gasteiger partial charge in [0.15, 0.2) is 0 Å². The highest BCUT2D eigenvalue weighted by atomic mass is 35.5. The van der Waals surface area contributed by atoms with Gasteiger partial charge in [-0.25, -0.2) is 0 Å². The summed E-state index contributed by atoms with van der Waals surface area (Å²) < 4.78 is 1.92. The van der Waals surface area contributed by atoms with Crippen LogP contribution in [0.15, 0.2) is 42.6 Å². The Morgan fingerprint density at radius 1 is 1.30 bits per heavy atom. The SMILES string of the molecule is CN(C)C(CNC(=O)c1ccn(C2CCCNC2)n1)c1ccccc1.Cl.Cl. The molecule has 8 heteroatoms. The Kier molecular flexibility index (Phi) is 9.80. The van der Waals surface area contributed by atoms with Crippen molar-refractivity contribution < 1.29 is 4.79 Å². The Morgan fingerprint density at radius 2 is 2.04 bits per heavy atom. The summed E-state index contributed by atoms with van der Waals surface area (Å²) in [6.45, 7) is 2.53. The maximum absolute atomic E-state index is 12.5. The fourth-order valence-electron chi connectivity index (χ4n) is 3.28. The van der Waals surface area contributed by atoms with Gasteiger partial charge in [0.2, 0.25) is 0 Å². The van der Waals surface area contributed by atoms with E-state index in [9.17, 15) is 4.79 Å². The highest BCUT2D eigenvalue weighted by Gasteiger charge is 2.19. The van der Waals surface area contributed by atoms with Crippen LogP contribution in [0.3, 0.4) is 0 Å². The van der Waals surface area contributed by atoms with Crippen LogP contribution in [0.2, 0.25) is 0 Å². The van der Waals surface area contributed by atoms with Crippen molar-refractivity contribution in [2.75, 3.05) is 33.7 Å². The maximum Gasteiger partial charge on any atom is 0.271 e. The van der Waals surface area contributed by atoms with Crippen LogP contribution in [0.25, 0.3) is 0 Å². The summed E-state index contributed by atoms with van der Waals surface area (Å²) in [4.78, 5) is 14.6. The molecule has 2 heterocycles. The number of hydrogen-bond donors (Lipinski definition) is 2. The van der Waals surface area contributed by atoms with Crippen LogP contribution in [0.4, 0.5) is 0 Å². The summed E-state index contributed by atoms with van der Waals surface area (Å²) in [6.07, 6.45) is 4.16. The van der Waals surface area contributed by atoms with Gasteiger partial charge in [-0.3, -0.25) is 9.48 Å². The van der Waals surface area contributed by atoms with E-state index >= 15 is 0 Å². The van der Waals surface area contributed by atoms with Gasteiger partial charge >= 0.3 is 0 Å². The molecule has 1 aromatic heterocycles. The zero-order valence-electron chi connectivity index (χ0n) is 15.8. The number of halogens is 2. The topological polar surface area (TPSA) is 62.2 Å². The first-order valence-electron chi connectivity index (χ1n) is 8.90. The van der Waals surface area contributed by atoms with Crippen molar-refractivity contribution >= 4 is 30.7 Å². The van der Waals surface area contributed by atoms with Crippen LogP contribution in [0.1, 0.15) is 41.0 Å². The second-order valence-corrected chi connectivity index (χ2v) is 6.78. The molecule has 1 fully saturated rings. The summed E-state index contributed by atoms with van der Waals surface area (Å²) in [5, 5.41) is 10.9. The summed E-state index contributed by atoms with van der Waals surface area (Å²) >= 11 is 0. The van der Waals surface area contributed by atoms with E-state index in [0.717, 1.165) is 25.9 Å². The van der Waals surface area contributed by atoms with Crippen molar-refractivity contribution in [1.82, 2.24) is 25.3 Å². The second-order valence-electron chi connectivity index (χ2n) is 6.78. The molecule has 1 aromatic carbocycles. The van der Waals surface area contributed by atoms with Gasteiger partial charge in [-0.15, -0.1) is 24.8 Å². The summed E-state index contributed by atoms with van der Waals surface area (Å²) in [5.41, 5.74) is 1.67.